The van der Waals surface area contributed by atoms with E-state index in [0.29, 0.717) is 22.0 Å². The summed E-state index contributed by atoms with van der Waals surface area (Å²) in [4.78, 5) is 29.8. The Morgan fingerprint density at radius 2 is 2.00 bits per heavy atom. The molecule has 0 bridgehead atoms. The minimum Gasteiger partial charge on any atom is -0.345 e. The molecule has 154 valence electrons. The predicted molar refractivity (Wildman–Crippen MR) is 115 cm³/mol. The lowest BCUT2D eigenvalue weighted by atomic mass is 10.1. The van der Waals surface area contributed by atoms with Crippen molar-refractivity contribution in [3.8, 4) is 0 Å². The van der Waals surface area contributed by atoms with Gasteiger partial charge in [0, 0.05) is 11.6 Å². The highest BCUT2D eigenvalue weighted by Crippen LogP contribution is 2.41. The third-order valence-electron chi connectivity index (χ3n) is 5.00. The van der Waals surface area contributed by atoms with Crippen LogP contribution in [0.5, 0.6) is 0 Å². The molecule has 1 aliphatic rings. The van der Waals surface area contributed by atoms with Gasteiger partial charge in [0.15, 0.2) is 0 Å². The fraction of sp³-hybridized carbons (Fsp3) is 0.261. The zero-order chi connectivity index (χ0) is 21.1. The number of rotatable bonds is 7. The number of carbonyl (C=O) groups excluding carboxylic acids is 2. The van der Waals surface area contributed by atoms with Crippen LogP contribution in [-0.2, 0) is 11.2 Å². The Hall–Kier alpha value is -3.06. The minimum absolute atomic E-state index is 0.0438. The summed E-state index contributed by atoms with van der Waals surface area (Å²) in [6.45, 7) is 1.89. The Balaban J connectivity index is 1.37. The first-order valence-corrected chi connectivity index (χ1v) is 10.7. The second-order valence-corrected chi connectivity index (χ2v) is 8.54. The van der Waals surface area contributed by atoms with Crippen LogP contribution in [0.1, 0.15) is 57.5 Å². The highest BCUT2D eigenvalue weighted by Gasteiger charge is 2.27. The quantitative estimate of drug-likeness (QED) is 0.572. The van der Waals surface area contributed by atoms with E-state index >= 15 is 0 Å². The lowest BCUT2D eigenvalue weighted by Gasteiger charge is -2.15. The Bertz CT molecular complexity index is 1080. The molecule has 0 spiro atoms. The van der Waals surface area contributed by atoms with E-state index in [9.17, 15) is 14.0 Å². The fourth-order valence-electron chi connectivity index (χ4n) is 3.17. The van der Waals surface area contributed by atoms with Crippen LogP contribution in [0, 0.1) is 5.82 Å². The molecule has 1 heterocycles. The maximum Gasteiger partial charge on any atom is 0.263 e. The molecule has 5 nitrogen and oxygen atoms in total. The Kier molecular flexibility index (Phi) is 5.90. The molecular formula is C23H22FN3O2S. The predicted octanol–water partition coefficient (Wildman–Crippen LogP) is 4.83. The SMILES string of the molecule is CC(NC(=O)c1cnc(C2CC2)s1)c1cccc(NC(=O)Cc2ccccc2F)c1. The van der Waals surface area contributed by atoms with Gasteiger partial charge in [-0.05, 0) is 49.1 Å². The van der Waals surface area contributed by atoms with E-state index in [2.05, 4.69) is 15.6 Å². The summed E-state index contributed by atoms with van der Waals surface area (Å²) in [5.41, 5.74) is 1.81. The molecule has 0 aliphatic heterocycles. The topological polar surface area (TPSA) is 71.1 Å². The van der Waals surface area contributed by atoms with Gasteiger partial charge in [-0.25, -0.2) is 9.37 Å². The van der Waals surface area contributed by atoms with Crippen molar-refractivity contribution in [1.29, 1.82) is 0 Å². The van der Waals surface area contributed by atoms with Crippen molar-refractivity contribution in [2.45, 2.75) is 38.1 Å². The molecule has 2 aromatic carbocycles. The largest absolute Gasteiger partial charge is 0.345 e. The van der Waals surface area contributed by atoms with Crippen LogP contribution in [0.2, 0.25) is 0 Å². The molecule has 0 saturated heterocycles. The number of halogens is 1. The van der Waals surface area contributed by atoms with Gasteiger partial charge < -0.3 is 10.6 Å². The monoisotopic (exact) mass is 423 g/mol. The van der Waals surface area contributed by atoms with E-state index in [1.54, 1.807) is 30.5 Å². The Labute approximate surface area is 178 Å². The number of carbonyl (C=O) groups is 2. The van der Waals surface area contributed by atoms with Crippen molar-refractivity contribution in [1.82, 2.24) is 10.3 Å². The van der Waals surface area contributed by atoms with Gasteiger partial charge in [0.05, 0.1) is 23.7 Å². The molecule has 2 amide bonds. The summed E-state index contributed by atoms with van der Waals surface area (Å²) in [7, 11) is 0. The summed E-state index contributed by atoms with van der Waals surface area (Å²) >= 11 is 1.45. The standard InChI is InChI=1S/C23H22FN3O2S/c1-14(26-22(29)20-13-25-23(30-20)15-9-10-15)16-6-4-7-18(11-16)27-21(28)12-17-5-2-3-8-19(17)24/h2-8,11,13-15H,9-10,12H2,1H3,(H,26,29)(H,27,28). The van der Waals surface area contributed by atoms with Crippen molar-refractivity contribution in [2.24, 2.45) is 0 Å². The molecule has 2 N–H and O–H groups in total. The van der Waals surface area contributed by atoms with Gasteiger partial charge in [0.1, 0.15) is 10.7 Å². The summed E-state index contributed by atoms with van der Waals surface area (Å²) in [5.74, 6) is -0.323. The number of anilines is 1. The molecule has 30 heavy (non-hydrogen) atoms. The van der Waals surface area contributed by atoms with Gasteiger partial charge >= 0.3 is 0 Å². The zero-order valence-electron chi connectivity index (χ0n) is 16.5. The smallest absolute Gasteiger partial charge is 0.263 e. The molecular weight excluding hydrogens is 401 g/mol. The average Bonchev–Trinajstić information content (AvgIpc) is 3.46. The second-order valence-electron chi connectivity index (χ2n) is 7.47. The van der Waals surface area contributed by atoms with Gasteiger partial charge in [-0.3, -0.25) is 9.59 Å². The summed E-state index contributed by atoms with van der Waals surface area (Å²) in [5, 5.41) is 6.81. The third kappa shape index (κ3) is 4.91. The minimum atomic E-state index is -0.398. The average molecular weight is 424 g/mol. The number of nitrogens with one attached hydrogen (secondary N) is 2. The Morgan fingerprint density at radius 1 is 1.20 bits per heavy atom. The van der Waals surface area contributed by atoms with Crippen LogP contribution in [0.4, 0.5) is 10.1 Å². The molecule has 7 heteroatoms. The molecule has 1 aromatic heterocycles. The molecule has 3 aromatic rings. The van der Waals surface area contributed by atoms with Crippen LogP contribution in [0.3, 0.4) is 0 Å². The molecule has 0 radical (unpaired) electrons. The summed E-state index contributed by atoms with van der Waals surface area (Å²) in [6.07, 6.45) is 3.90. The third-order valence-corrected chi connectivity index (χ3v) is 6.16. The van der Waals surface area contributed by atoms with Gasteiger partial charge in [-0.1, -0.05) is 30.3 Å². The van der Waals surface area contributed by atoms with Crippen molar-refractivity contribution in [3.63, 3.8) is 0 Å². The first-order chi connectivity index (χ1) is 14.5. The first-order valence-electron chi connectivity index (χ1n) is 9.89. The van der Waals surface area contributed by atoms with Gasteiger partial charge in [0.2, 0.25) is 5.91 Å². The van der Waals surface area contributed by atoms with Crippen molar-refractivity contribution in [3.05, 3.63) is 81.6 Å². The van der Waals surface area contributed by atoms with E-state index < -0.39 is 5.82 Å². The Morgan fingerprint density at radius 3 is 2.77 bits per heavy atom. The van der Waals surface area contributed by atoms with Crippen LogP contribution in [0.15, 0.2) is 54.7 Å². The van der Waals surface area contributed by atoms with Gasteiger partial charge in [-0.15, -0.1) is 11.3 Å². The van der Waals surface area contributed by atoms with E-state index in [0.717, 1.165) is 23.4 Å². The number of nitrogens with zero attached hydrogens (tertiary/aromatic N) is 1. The van der Waals surface area contributed by atoms with Crippen molar-refractivity contribution in [2.75, 3.05) is 5.32 Å². The molecule has 1 aliphatic carbocycles. The number of hydrogen-bond acceptors (Lipinski definition) is 4. The number of amides is 2. The lowest BCUT2D eigenvalue weighted by Crippen LogP contribution is -2.26. The van der Waals surface area contributed by atoms with E-state index in [1.807, 2.05) is 25.1 Å². The summed E-state index contributed by atoms with van der Waals surface area (Å²) < 4.78 is 13.7. The number of benzene rings is 2. The van der Waals surface area contributed by atoms with Crippen LogP contribution in [0.25, 0.3) is 0 Å². The maximum absolute atomic E-state index is 13.7. The number of aromatic nitrogens is 1. The van der Waals surface area contributed by atoms with Crippen LogP contribution in [-0.4, -0.2) is 16.8 Å². The number of hydrogen-bond donors (Lipinski definition) is 2. The van der Waals surface area contributed by atoms with Gasteiger partial charge in [0.25, 0.3) is 5.91 Å². The normalized spacial score (nSPS) is 14.2. The maximum atomic E-state index is 13.7. The molecule has 1 atom stereocenters. The highest BCUT2D eigenvalue weighted by atomic mass is 32.1. The summed E-state index contributed by atoms with van der Waals surface area (Å²) in [6, 6.07) is 13.3. The number of thiazole rings is 1. The van der Waals surface area contributed by atoms with E-state index in [-0.39, 0.29) is 24.3 Å². The van der Waals surface area contributed by atoms with E-state index in [1.165, 1.54) is 17.4 Å². The van der Waals surface area contributed by atoms with Crippen LogP contribution < -0.4 is 10.6 Å². The van der Waals surface area contributed by atoms with Crippen molar-refractivity contribution < 1.29 is 14.0 Å². The van der Waals surface area contributed by atoms with E-state index in [4.69, 9.17) is 0 Å². The molecule has 1 fully saturated rings. The zero-order valence-corrected chi connectivity index (χ0v) is 17.3. The second kappa shape index (κ2) is 8.75. The molecule has 4 rings (SSSR count). The lowest BCUT2D eigenvalue weighted by molar-refractivity contribution is -0.115. The van der Waals surface area contributed by atoms with Gasteiger partial charge in [-0.2, -0.15) is 0 Å². The first kappa shape index (κ1) is 20.2. The highest BCUT2D eigenvalue weighted by molar-refractivity contribution is 7.13. The molecule has 1 unspecified atom stereocenters. The fourth-order valence-corrected chi connectivity index (χ4v) is 4.16. The van der Waals surface area contributed by atoms with Crippen LogP contribution >= 0.6 is 11.3 Å². The molecule has 1 saturated carbocycles. The van der Waals surface area contributed by atoms with Crippen molar-refractivity contribution >= 4 is 28.8 Å².